The molecule has 1 aromatic carbocycles. The smallest absolute Gasteiger partial charge is 0.252 e. The van der Waals surface area contributed by atoms with E-state index in [4.69, 9.17) is 0 Å². The Morgan fingerprint density at radius 2 is 1.85 bits per heavy atom. The first-order chi connectivity index (χ1) is 13.0. The van der Waals surface area contributed by atoms with Gasteiger partial charge in [0.05, 0.1) is 0 Å². The number of carbonyl (C=O) groups excluding carboxylic acids is 2. The number of carbonyl (C=O) groups is 2. The van der Waals surface area contributed by atoms with Crippen molar-refractivity contribution in [1.29, 1.82) is 0 Å². The number of piperazine rings is 1. The molecule has 2 aliphatic heterocycles. The molecule has 2 amide bonds. The highest BCUT2D eigenvalue weighted by molar-refractivity contribution is 5.98. The molecule has 2 heterocycles. The minimum Gasteiger partial charge on any atom is -0.340 e. The number of aryl methyl sites for hydroxylation is 1. The summed E-state index contributed by atoms with van der Waals surface area (Å²) in [4.78, 5) is 30.3. The maximum Gasteiger partial charge on any atom is 0.252 e. The molecule has 0 spiro atoms. The molecule has 2 atom stereocenters. The van der Waals surface area contributed by atoms with E-state index in [1.807, 2.05) is 49.9 Å². The Morgan fingerprint density at radius 1 is 1.15 bits per heavy atom. The van der Waals surface area contributed by atoms with Crippen LogP contribution in [0.2, 0.25) is 0 Å². The Kier molecular flexibility index (Phi) is 6.50. The first-order valence-corrected chi connectivity index (χ1v) is 10.1. The lowest BCUT2D eigenvalue weighted by Gasteiger charge is -2.33. The van der Waals surface area contributed by atoms with Crippen molar-refractivity contribution in [2.24, 2.45) is 5.92 Å². The predicted molar refractivity (Wildman–Crippen MR) is 107 cm³/mol. The van der Waals surface area contributed by atoms with Gasteiger partial charge in [0, 0.05) is 50.9 Å². The molecule has 0 saturated carbocycles. The van der Waals surface area contributed by atoms with Crippen LogP contribution in [0.4, 0.5) is 0 Å². The molecule has 27 heavy (non-hydrogen) atoms. The summed E-state index contributed by atoms with van der Waals surface area (Å²) in [6, 6.07) is 7.45. The lowest BCUT2D eigenvalue weighted by Crippen LogP contribution is -2.52. The first kappa shape index (κ1) is 19.8. The predicted octanol–water partition coefficient (Wildman–Crippen LogP) is 1.26. The average Bonchev–Trinajstić information content (AvgIpc) is 3.16. The molecule has 0 aromatic heterocycles. The quantitative estimate of drug-likeness (QED) is 0.817. The van der Waals surface area contributed by atoms with E-state index in [-0.39, 0.29) is 17.7 Å². The van der Waals surface area contributed by atoms with Crippen LogP contribution in [-0.4, -0.2) is 73.0 Å². The summed E-state index contributed by atoms with van der Waals surface area (Å²) in [6.07, 6.45) is 1.02. The highest BCUT2D eigenvalue weighted by Gasteiger charge is 2.35. The molecule has 148 valence electrons. The van der Waals surface area contributed by atoms with Crippen LogP contribution in [-0.2, 0) is 4.79 Å². The van der Waals surface area contributed by atoms with Gasteiger partial charge in [0.15, 0.2) is 0 Å². The fourth-order valence-electron chi connectivity index (χ4n) is 4.04. The summed E-state index contributed by atoms with van der Waals surface area (Å²) in [5.74, 6) is -0.0775. The number of nitrogens with zero attached hydrogens (tertiary/aromatic N) is 2. The van der Waals surface area contributed by atoms with E-state index in [1.165, 1.54) is 0 Å². The van der Waals surface area contributed by atoms with Crippen LogP contribution >= 0.6 is 0 Å². The van der Waals surface area contributed by atoms with Crippen molar-refractivity contribution in [3.8, 4) is 0 Å². The van der Waals surface area contributed by atoms with Crippen molar-refractivity contribution in [1.82, 2.24) is 20.4 Å². The summed E-state index contributed by atoms with van der Waals surface area (Å²) in [6.45, 7) is 11.6. The Hall–Kier alpha value is -1.92. The van der Waals surface area contributed by atoms with Gasteiger partial charge in [-0.3, -0.25) is 14.5 Å². The summed E-state index contributed by atoms with van der Waals surface area (Å²) in [5.41, 5.74) is 1.56. The van der Waals surface area contributed by atoms with Gasteiger partial charge < -0.3 is 15.5 Å². The van der Waals surface area contributed by atoms with Crippen molar-refractivity contribution in [2.45, 2.75) is 39.3 Å². The number of likely N-dealkylation sites (tertiary alicyclic amines) is 1. The summed E-state index contributed by atoms with van der Waals surface area (Å²) < 4.78 is 0. The third-order valence-electron chi connectivity index (χ3n) is 5.75. The van der Waals surface area contributed by atoms with Crippen LogP contribution < -0.4 is 10.6 Å². The minimum atomic E-state index is -0.487. The van der Waals surface area contributed by atoms with Crippen molar-refractivity contribution in [2.75, 3.05) is 39.3 Å². The van der Waals surface area contributed by atoms with E-state index in [1.54, 1.807) is 0 Å². The molecular formula is C21H32N4O2. The second-order valence-corrected chi connectivity index (χ2v) is 8.02. The number of benzene rings is 1. The number of nitrogens with one attached hydrogen (secondary N) is 2. The van der Waals surface area contributed by atoms with Gasteiger partial charge in [0.2, 0.25) is 5.91 Å². The zero-order valence-corrected chi connectivity index (χ0v) is 16.7. The SMILES string of the molecule is Cc1ccccc1C(=O)NC(C(=O)N1CCC(N2CCNCC2)C1)C(C)C. The highest BCUT2D eigenvalue weighted by atomic mass is 16.2. The van der Waals surface area contributed by atoms with E-state index in [0.717, 1.165) is 51.3 Å². The Bertz CT molecular complexity index is 670. The monoisotopic (exact) mass is 372 g/mol. The van der Waals surface area contributed by atoms with E-state index in [2.05, 4.69) is 15.5 Å². The van der Waals surface area contributed by atoms with Gasteiger partial charge in [-0.1, -0.05) is 32.0 Å². The molecule has 2 saturated heterocycles. The molecule has 2 aliphatic rings. The number of hydrogen-bond acceptors (Lipinski definition) is 4. The maximum absolute atomic E-state index is 13.1. The third kappa shape index (κ3) is 4.68. The number of rotatable bonds is 5. The second-order valence-electron chi connectivity index (χ2n) is 8.02. The van der Waals surface area contributed by atoms with E-state index in [9.17, 15) is 9.59 Å². The number of amides is 2. The van der Waals surface area contributed by atoms with Crippen LogP contribution in [0.15, 0.2) is 24.3 Å². The number of hydrogen-bond donors (Lipinski definition) is 2. The topological polar surface area (TPSA) is 64.7 Å². The molecule has 0 bridgehead atoms. The molecule has 2 fully saturated rings. The van der Waals surface area contributed by atoms with Crippen LogP contribution in [0.5, 0.6) is 0 Å². The zero-order valence-electron chi connectivity index (χ0n) is 16.7. The molecule has 6 nitrogen and oxygen atoms in total. The summed E-state index contributed by atoms with van der Waals surface area (Å²) in [7, 11) is 0. The van der Waals surface area contributed by atoms with E-state index >= 15 is 0 Å². The lowest BCUT2D eigenvalue weighted by molar-refractivity contribution is -0.133. The average molecular weight is 373 g/mol. The maximum atomic E-state index is 13.1. The summed E-state index contributed by atoms with van der Waals surface area (Å²) >= 11 is 0. The fourth-order valence-corrected chi connectivity index (χ4v) is 4.04. The van der Waals surface area contributed by atoms with Crippen molar-refractivity contribution in [3.05, 3.63) is 35.4 Å². The van der Waals surface area contributed by atoms with Crippen LogP contribution in [0.3, 0.4) is 0 Å². The van der Waals surface area contributed by atoms with Gasteiger partial charge in [-0.15, -0.1) is 0 Å². The van der Waals surface area contributed by atoms with Gasteiger partial charge in [0.1, 0.15) is 6.04 Å². The highest BCUT2D eigenvalue weighted by Crippen LogP contribution is 2.19. The molecule has 2 unspecified atom stereocenters. The third-order valence-corrected chi connectivity index (χ3v) is 5.75. The Balaban J connectivity index is 1.63. The Labute approximate surface area is 162 Å². The molecule has 1 aromatic rings. The molecule has 2 N–H and O–H groups in total. The largest absolute Gasteiger partial charge is 0.340 e. The van der Waals surface area contributed by atoms with Crippen molar-refractivity contribution in [3.63, 3.8) is 0 Å². The van der Waals surface area contributed by atoms with Crippen LogP contribution in [0.25, 0.3) is 0 Å². The van der Waals surface area contributed by atoms with Crippen molar-refractivity contribution < 1.29 is 9.59 Å². The Morgan fingerprint density at radius 3 is 2.52 bits per heavy atom. The van der Waals surface area contributed by atoms with Crippen molar-refractivity contribution >= 4 is 11.8 Å². The molecule has 3 rings (SSSR count). The van der Waals surface area contributed by atoms with Crippen LogP contribution in [0, 0.1) is 12.8 Å². The standard InChI is InChI=1S/C21H32N4O2/c1-15(2)19(23-20(26)18-7-5-4-6-16(18)3)21(27)25-11-8-17(14-25)24-12-9-22-10-13-24/h4-7,15,17,19,22H,8-14H2,1-3H3,(H,23,26). The van der Waals surface area contributed by atoms with Gasteiger partial charge in [-0.05, 0) is 30.9 Å². The molecule has 6 heteroatoms. The van der Waals surface area contributed by atoms with Crippen LogP contribution in [0.1, 0.15) is 36.2 Å². The lowest BCUT2D eigenvalue weighted by atomic mass is 10.0. The zero-order chi connectivity index (χ0) is 19.4. The molecule has 0 radical (unpaired) electrons. The van der Waals surface area contributed by atoms with E-state index in [0.29, 0.717) is 11.6 Å². The molecule has 0 aliphatic carbocycles. The second kappa shape index (κ2) is 8.85. The summed E-state index contributed by atoms with van der Waals surface area (Å²) in [5, 5.41) is 6.37. The molecular weight excluding hydrogens is 340 g/mol. The minimum absolute atomic E-state index is 0.0451. The van der Waals surface area contributed by atoms with Gasteiger partial charge in [-0.25, -0.2) is 0 Å². The normalized spacial score (nSPS) is 22.1. The fraction of sp³-hybridized carbons (Fsp3) is 0.619. The first-order valence-electron chi connectivity index (χ1n) is 10.1. The van der Waals surface area contributed by atoms with Gasteiger partial charge in [0.25, 0.3) is 5.91 Å². The van der Waals surface area contributed by atoms with E-state index < -0.39 is 6.04 Å². The van der Waals surface area contributed by atoms with Gasteiger partial charge >= 0.3 is 0 Å². The van der Waals surface area contributed by atoms with Gasteiger partial charge in [-0.2, -0.15) is 0 Å².